The summed E-state index contributed by atoms with van der Waals surface area (Å²) in [6, 6.07) is 5.88. The highest BCUT2D eigenvalue weighted by atomic mass is 127. The molecule has 4 nitrogen and oxygen atoms in total. The molecular weight excluding hydrogens is 436 g/mol. The maximum absolute atomic E-state index is 6.17. The first-order valence-electron chi connectivity index (χ1n) is 6.55. The van der Waals surface area contributed by atoms with Gasteiger partial charge in [0.15, 0.2) is 0 Å². The molecule has 7 heteroatoms. The number of hydrogen-bond donors (Lipinski definition) is 0. The van der Waals surface area contributed by atoms with Crippen LogP contribution in [0.15, 0.2) is 30.6 Å². The van der Waals surface area contributed by atoms with E-state index in [9.17, 15) is 0 Å². The lowest BCUT2D eigenvalue weighted by atomic mass is 10.1. The van der Waals surface area contributed by atoms with E-state index in [1.165, 1.54) is 0 Å². The zero-order valence-electron chi connectivity index (χ0n) is 11.8. The summed E-state index contributed by atoms with van der Waals surface area (Å²) >= 11 is 14.6. The van der Waals surface area contributed by atoms with Gasteiger partial charge in [0.05, 0.1) is 15.6 Å². The molecule has 0 N–H and O–H groups in total. The van der Waals surface area contributed by atoms with Crippen LogP contribution in [0.4, 0.5) is 0 Å². The molecule has 0 saturated heterocycles. The molecule has 0 aliphatic carbocycles. The monoisotopic (exact) mass is 447 g/mol. The standard InChI is InChI=1S/C15H12Cl2IN3O/c1-8(14-11(16)6-19-7-12(14)17)22-9-3-4-13-10(5-9)15(18)20-21(13)2/h3-8H,1-2H3/t8-/m1/s1. The second-order valence-corrected chi connectivity index (χ2v) is 6.71. The summed E-state index contributed by atoms with van der Waals surface area (Å²) in [4.78, 5) is 3.96. The zero-order chi connectivity index (χ0) is 15.9. The van der Waals surface area contributed by atoms with Crippen molar-refractivity contribution in [3.05, 3.63) is 49.9 Å². The lowest BCUT2D eigenvalue weighted by Crippen LogP contribution is -2.05. The number of pyridine rings is 1. The van der Waals surface area contributed by atoms with E-state index < -0.39 is 0 Å². The molecule has 2 aromatic heterocycles. The van der Waals surface area contributed by atoms with Crippen molar-refractivity contribution < 1.29 is 4.74 Å². The second-order valence-electron chi connectivity index (χ2n) is 4.87. The summed E-state index contributed by atoms with van der Waals surface area (Å²) in [6.07, 6.45) is 2.85. The Hall–Kier alpha value is -1.05. The van der Waals surface area contributed by atoms with Gasteiger partial charge in [0, 0.05) is 30.4 Å². The number of aromatic nitrogens is 3. The molecule has 0 spiro atoms. The highest BCUT2D eigenvalue weighted by molar-refractivity contribution is 14.1. The van der Waals surface area contributed by atoms with Crippen LogP contribution in [0, 0.1) is 3.70 Å². The number of aryl methyl sites for hydroxylation is 1. The third kappa shape index (κ3) is 2.89. The quantitative estimate of drug-likeness (QED) is 0.529. The topological polar surface area (TPSA) is 39.9 Å². The van der Waals surface area contributed by atoms with E-state index >= 15 is 0 Å². The molecule has 0 unspecified atom stereocenters. The Morgan fingerprint density at radius 1 is 1.23 bits per heavy atom. The number of hydrogen-bond acceptors (Lipinski definition) is 3. The fraction of sp³-hybridized carbons (Fsp3) is 0.200. The van der Waals surface area contributed by atoms with Gasteiger partial charge in [-0.3, -0.25) is 9.67 Å². The lowest BCUT2D eigenvalue weighted by molar-refractivity contribution is 0.227. The van der Waals surface area contributed by atoms with Gasteiger partial charge in [-0.05, 0) is 47.7 Å². The third-order valence-electron chi connectivity index (χ3n) is 3.39. The van der Waals surface area contributed by atoms with Crippen LogP contribution in [0.5, 0.6) is 5.75 Å². The molecule has 0 fully saturated rings. The predicted octanol–water partition coefficient (Wildman–Crippen LogP) is 5.02. The average Bonchev–Trinajstić information content (AvgIpc) is 2.73. The van der Waals surface area contributed by atoms with E-state index in [1.807, 2.05) is 36.9 Å². The minimum absolute atomic E-state index is 0.283. The minimum atomic E-state index is -0.283. The second kappa shape index (κ2) is 6.22. The average molecular weight is 448 g/mol. The first-order valence-corrected chi connectivity index (χ1v) is 8.38. The molecule has 0 radical (unpaired) electrons. The molecule has 22 heavy (non-hydrogen) atoms. The summed E-state index contributed by atoms with van der Waals surface area (Å²) in [5.41, 5.74) is 1.80. The minimum Gasteiger partial charge on any atom is -0.486 e. The van der Waals surface area contributed by atoms with Gasteiger partial charge in [-0.2, -0.15) is 5.10 Å². The van der Waals surface area contributed by atoms with Crippen LogP contribution in [0.2, 0.25) is 10.0 Å². The summed E-state index contributed by atoms with van der Waals surface area (Å²) in [7, 11) is 1.92. The molecule has 114 valence electrons. The maximum atomic E-state index is 6.17. The molecule has 0 aliphatic heterocycles. The first-order chi connectivity index (χ1) is 10.5. The number of halogens is 3. The highest BCUT2D eigenvalue weighted by Crippen LogP contribution is 2.33. The molecule has 0 aliphatic rings. The van der Waals surface area contributed by atoms with Crippen LogP contribution >= 0.6 is 45.8 Å². The Kier molecular flexibility index (Phi) is 4.47. The fourth-order valence-electron chi connectivity index (χ4n) is 2.35. The van der Waals surface area contributed by atoms with E-state index in [-0.39, 0.29) is 6.10 Å². The van der Waals surface area contributed by atoms with Crippen molar-refractivity contribution in [3.63, 3.8) is 0 Å². The van der Waals surface area contributed by atoms with Crippen molar-refractivity contribution in [1.82, 2.24) is 14.8 Å². The number of fused-ring (bicyclic) bond motifs is 1. The Morgan fingerprint density at radius 2 is 1.91 bits per heavy atom. The Bertz CT molecular complexity index is 830. The van der Waals surface area contributed by atoms with E-state index in [0.29, 0.717) is 10.0 Å². The van der Waals surface area contributed by atoms with Crippen molar-refractivity contribution in [2.45, 2.75) is 13.0 Å². The van der Waals surface area contributed by atoms with E-state index in [2.05, 4.69) is 32.7 Å². The van der Waals surface area contributed by atoms with Crippen LogP contribution in [0.1, 0.15) is 18.6 Å². The van der Waals surface area contributed by atoms with Crippen LogP contribution in [-0.4, -0.2) is 14.8 Å². The molecule has 0 saturated carbocycles. The van der Waals surface area contributed by atoms with Crippen molar-refractivity contribution in [1.29, 1.82) is 0 Å². The molecule has 3 aromatic rings. The number of benzene rings is 1. The highest BCUT2D eigenvalue weighted by Gasteiger charge is 2.16. The van der Waals surface area contributed by atoms with Gasteiger partial charge < -0.3 is 4.74 Å². The van der Waals surface area contributed by atoms with Gasteiger partial charge in [0.2, 0.25) is 0 Å². The Labute approximate surface area is 151 Å². The van der Waals surface area contributed by atoms with Gasteiger partial charge in [-0.15, -0.1) is 0 Å². The molecule has 3 rings (SSSR count). The lowest BCUT2D eigenvalue weighted by Gasteiger charge is -2.17. The number of nitrogens with zero attached hydrogens (tertiary/aromatic N) is 3. The van der Waals surface area contributed by atoms with E-state index in [1.54, 1.807) is 12.4 Å². The van der Waals surface area contributed by atoms with Crippen molar-refractivity contribution in [2.75, 3.05) is 0 Å². The van der Waals surface area contributed by atoms with Crippen molar-refractivity contribution >= 4 is 56.7 Å². The number of rotatable bonds is 3. The third-order valence-corrected chi connectivity index (χ3v) is 4.79. The Morgan fingerprint density at radius 3 is 2.59 bits per heavy atom. The molecule has 0 bridgehead atoms. The van der Waals surface area contributed by atoms with Crippen molar-refractivity contribution in [2.24, 2.45) is 7.05 Å². The molecule has 1 aromatic carbocycles. The molecule has 0 amide bonds. The molecular formula is C15H12Cl2IN3O. The van der Waals surface area contributed by atoms with Gasteiger partial charge in [0.1, 0.15) is 15.6 Å². The van der Waals surface area contributed by atoms with Crippen molar-refractivity contribution in [3.8, 4) is 5.75 Å². The largest absolute Gasteiger partial charge is 0.486 e. The summed E-state index contributed by atoms with van der Waals surface area (Å²) in [5.74, 6) is 0.745. The number of ether oxygens (including phenoxy) is 1. The SMILES string of the molecule is C[C@@H](Oc1ccc2c(c1)c(I)nn2C)c1c(Cl)cncc1Cl. The summed E-state index contributed by atoms with van der Waals surface area (Å²) in [6.45, 7) is 1.91. The summed E-state index contributed by atoms with van der Waals surface area (Å²) < 4.78 is 8.78. The maximum Gasteiger partial charge on any atom is 0.131 e. The van der Waals surface area contributed by atoms with Gasteiger partial charge in [-0.1, -0.05) is 23.2 Å². The van der Waals surface area contributed by atoms with Gasteiger partial charge >= 0.3 is 0 Å². The normalized spacial score (nSPS) is 12.6. The Balaban J connectivity index is 1.94. The predicted molar refractivity (Wildman–Crippen MR) is 96.7 cm³/mol. The smallest absolute Gasteiger partial charge is 0.131 e. The van der Waals surface area contributed by atoms with Gasteiger partial charge in [-0.25, -0.2) is 0 Å². The van der Waals surface area contributed by atoms with Crippen LogP contribution < -0.4 is 4.74 Å². The van der Waals surface area contributed by atoms with E-state index in [4.69, 9.17) is 27.9 Å². The molecule has 2 heterocycles. The summed E-state index contributed by atoms with van der Waals surface area (Å²) in [5, 5.41) is 6.44. The van der Waals surface area contributed by atoms with Gasteiger partial charge in [0.25, 0.3) is 0 Å². The van der Waals surface area contributed by atoms with Crippen LogP contribution in [0.3, 0.4) is 0 Å². The van der Waals surface area contributed by atoms with E-state index in [0.717, 1.165) is 25.9 Å². The zero-order valence-corrected chi connectivity index (χ0v) is 15.5. The first kappa shape index (κ1) is 15.8. The molecule has 1 atom stereocenters. The van der Waals surface area contributed by atoms with Crippen LogP contribution in [0.25, 0.3) is 10.9 Å². The fourth-order valence-corrected chi connectivity index (χ4v) is 3.78. The van der Waals surface area contributed by atoms with Crippen LogP contribution in [-0.2, 0) is 7.05 Å².